The van der Waals surface area contributed by atoms with Crippen molar-refractivity contribution in [3.8, 4) is 6.07 Å². The van der Waals surface area contributed by atoms with Crippen molar-refractivity contribution < 1.29 is 0 Å². The van der Waals surface area contributed by atoms with Gasteiger partial charge in [-0.1, -0.05) is 42.1 Å². The topological polar surface area (TPSA) is 66.9 Å². The molecule has 1 heterocycles. The van der Waals surface area contributed by atoms with E-state index in [1.807, 2.05) is 36.6 Å². The number of rotatable bonds is 5. The summed E-state index contributed by atoms with van der Waals surface area (Å²) in [7, 11) is 0. The molecule has 0 radical (unpaired) electrons. The van der Waals surface area contributed by atoms with Crippen LogP contribution in [0.2, 0.25) is 0 Å². The lowest BCUT2D eigenvalue weighted by atomic mass is 10.2. The normalized spacial score (nSPS) is 10.7. The predicted octanol–water partition coefficient (Wildman–Crippen LogP) is 2.66. The van der Waals surface area contributed by atoms with Crippen molar-refractivity contribution in [1.82, 2.24) is 14.8 Å². The molecular formula is C13H13N5S. The van der Waals surface area contributed by atoms with Crippen LogP contribution in [-0.4, -0.2) is 27.2 Å². The molecule has 0 saturated carbocycles. The van der Waals surface area contributed by atoms with Gasteiger partial charge in [0, 0.05) is 6.21 Å². The lowest BCUT2D eigenvalue weighted by Gasteiger charge is -1.97. The van der Waals surface area contributed by atoms with Crippen LogP contribution in [-0.2, 0) is 6.54 Å². The van der Waals surface area contributed by atoms with Crippen LogP contribution in [0.15, 0.2) is 40.5 Å². The zero-order chi connectivity index (χ0) is 13.5. The standard InChI is InChI=1S/C13H13N5S/c1-19-13-16-12(17-18(13)9-5-8-14)15-10-11-6-3-2-4-7-11/h2-4,6-7,10H,5,9H2,1H3/b15-10+. The molecule has 0 aliphatic carbocycles. The van der Waals surface area contributed by atoms with Gasteiger partial charge in [0.25, 0.3) is 5.95 Å². The van der Waals surface area contributed by atoms with Crippen LogP contribution in [0.25, 0.3) is 0 Å². The molecule has 0 aliphatic rings. The van der Waals surface area contributed by atoms with Crippen LogP contribution in [0.4, 0.5) is 5.95 Å². The van der Waals surface area contributed by atoms with Crippen LogP contribution in [0.3, 0.4) is 0 Å². The maximum Gasteiger partial charge on any atom is 0.269 e. The highest BCUT2D eigenvalue weighted by molar-refractivity contribution is 7.98. The Morgan fingerprint density at radius 1 is 1.42 bits per heavy atom. The summed E-state index contributed by atoms with van der Waals surface area (Å²) >= 11 is 1.49. The summed E-state index contributed by atoms with van der Waals surface area (Å²) < 4.78 is 1.71. The quantitative estimate of drug-likeness (QED) is 0.619. The number of aryl methyl sites for hydroxylation is 1. The predicted molar refractivity (Wildman–Crippen MR) is 75.7 cm³/mol. The largest absolute Gasteiger partial charge is 0.269 e. The molecule has 0 saturated heterocycles. The van der Waals surface area contributed by atoms with Crippen molar-refractivity contribution >= 4 is 23.9 Å². The monoisotopic (exact) mass is 271 g/mol. The van der Waals surface area contributed by atoms with E-state index >= 15 is 0 Å². The first-order valence-corrected chi connectivity index (χ1v) is 7.01. The third kappa shape index (κ3) is 3.66. The summed E-state index contributed by atoms with van der Waals surface area (Å²) in [5.74, 6) is 0.422. The number of thioether (sulfide) groups is 1. The number of aliphatic imine (C=N–C) groups is 1. The molecule has 0 atom stereocenters. The molecule has 6 heteroatoms. The lowest BCUT2D eigenvalue weighted by molar-refractivity contribution is 0.571. The van der Waals surface area contributed by atoms with E-state index in [1.165, 1.54) is 11.8 Å². The van der Waals surface area contributed by atoms with Crippen molar-refractivity contribution in [2.75, 3.05) is 6.26 Å². The van der Waals surface area contributed by atoms with Gasteiger partial charge in [-0.25, -0.2) is 9.67 Å². The highest BCUT2D eigenvalue weighted by atomic mass is 32.2. The number of nitrogens with zero attached hydrogens (tertiary/aromatic N) is 5. The van der Waals surface area contributed by atoms with E-state index in [4.69, 9.17) is 5.26 Å². The highest BCUT2D eigenvalue weighted by Gasteiger charge is 2.07. The van der Waals surface area contributed by atoms with Crippen LogP contribution < -0.4 is 0 Å². The second kappa shape index (κ2) is 6.71. The Labute approximate surface area is 116 Å². The SMILES string of the molecule is CSc1nc(/N=C/c2ccccc2)nn1CCC#N. The van der Waals surface area contributed by atoms with E-state index in [2.05, 4.69) is 21.1 Å². The Morgan fingerprint density at radius 2 is 2.21 bits per heavy atom. The summed E-state index contributed by atoms with van der Waals surface area (Å²) in [4.78, 5) is 8.55. The molecule has 0 unspecified atom stereocenters. The Balaban J connectivity index is 2.15. The lowest BCUT2D eigenvalue weighted by Crippen LogP contribution is -2.00. The fourth-order valence-corrected chi connectivity index (χ4v) is 2.01. The number of hydrogen-bond donors (Lipinski definition) is 0. The van der Waals surface area contributed by atoms with Gasteiger partial charge in [-0.2, -0.15) is 10.2 Å². The van der Waals surface area contributed by atoms with Crippen molar-refractivity contribution in [2.24, 2.45) is 4.99 Å². The second-order valence-corrected chi connectivity index (χ2v) is 4.47. The molecule has 0 bridgehead atoms. The molecule has 2 rings (SSSR count). The van der Waals surface area contributed by atoms with Gasteiger partial charge < -0.3 is 0 Å². The first-order valence-electron chi connectivity index (χ1n) is 5.78. The zero-order valence-electron chi connectivity index (χ0n) is 10.5. The van der Waals surface area contributed by atoms with Gasteiger partial charge in [-0.05, 0) is 11.8 Å². The van der Waals surface area contributed by atoms with Crippen LogP contribution in [0.5, 0.6) is 0 Å². The summed E-state index contributed by atoms with van der Waals surface area (Å²) in [6.07, 6.45) is 4.07. The molecule has 0 N–H and O–H groups in total. The molecule has 19 heavy (non-hydrogen) atoms. The van der Waals surface area contributed by atoms with Gasteiger partial charge >= 0.3 is 0 Å². The van der Waals surface area contributed by atoms with Crippen LogP contribution >= 0.6 is 11.8 Å². The number of aromatic nitrogens is 3. The van der Waals surface area contributed by atoms with Crippen molar-refractivity contribution in [2.45, 2.75) is 18.1 Å². The summed E-state index contributed by atoms with van der Waals surface area (Å²) in [5, 5.41) is 13.6. The Kier molecular flexibility index (Phi) is 4.70. The number of nitriles is 1. The fourth-order valence-electron chi connectivity index (χ4n) is 1.49. The molecule has 2 aromatic rings. The van der Waals surface area contributed by atoms with Gasteiger partial charge in [0.05, 0.1) is 19.0 Å². The smallest absolute Gasteiger partial charge is 0.238 e. The summed E-state index contributed by atoms with van der Waals surface area (Å²) in [6.45, 7) is 0.542. The minimum absolute atomic E-state index is 0.415. The Hall–Kier alpha value is -2.13. The van der Waals surface area contributed by atoms with Gasteiger partial charge in [0.15, 0.2) is 5.16 Å². The Morgan fingerprint density at radius 3 is 2.89 bits per heavy atom. The average Bonchev–Trinajstić information content (AvgIpc) is 2.86. The second-order valence-electron chi connectivity index (χ2n) is 3.70. The molecule has 1 aromatic heterocycles. The van der Waals surface area contributed by atoms with Crippen LogP contribution in [0, 0.1) is 11.3 Å². The number of hydrogen-bond acceptors (Lipinski definition) is 5. The molecule has 1 aromatic carbocycles. The van der Waals surface area contributed by atoms with Gasteiger partial charge in [0.2, 0.25) is 0 Å². The van der Waals surface area contributed by atoms with E-state index in [1.54, 1.807) is 10.9 Å². The third-order valence-corrected chi connectivity index (χ3v) is 3.04. The minimum atomic E-state index is 0.415. The van der Waals surface area contributed by atoms with Gasteiger partial charge in [-0.3, -0.25) is 0 Å². The molecule has 0 spiro atoms. The van der Waals surface area contributed by atoms with Gasteiger partial charge in [0.1, 0.15) is 0 Å². The zero-order valence-corrected chi connectivity index (χ0v) is 11.3. The average molecular weight is 271 g/mol. The van der Waals surface area contributed by atoms with E-state index in [0.717, 1.165) is 10.7 Å². The van der Waals surface area contributed by atoms with E-state index < -0.39 is 0 Å². The van der Waals surface area contributed by atoms with Crippen molar-refractivity contribution in [1.29, 1.82) is 5.26 Å². The molecule has 0 amide bonds. The molecule has 96 valence electrons. The van der Waals surface area contributed by atoms with Crippen LogP contribution in [0.1, 0.15) is 12.0 Å². The summed E-state index contributed by atoms with van der Waals surface area (Å²) in [5.41, 5.74) is 1.00. The molecule has 0 aliphatic heterocycles. The number of benzene rings is 1. The maximum atomic E-state index is 8.60. The van der Waals surface area contributed by atoms with E-state index in [-0.39, 0.29) is 0 Å². The molecule has 0 fully saturated rings. The fraction of sp³-hybridized carbons (Fsp3) is 0.231. The maximum absolute atomic E-state index is 8.60. The first kappa shape index (κ1) is 13.3. The minimum Gasteiger partial charge on any atom is -0.238 e. The van der Waals surface area contributed by atoms with Crippen molar-refractivity contribution in [3.05, 3.63) is 35.9 Å². The first-order chi connectivity index (χ1) is 9.33. The molecule has 5 nitrogen and oxygen atoms in total. The Bertz CT molecular complexity index is 597. The third-order valence-electron chi connectivity index (χ3n) is 2.37. The van der Waals surface area contributed by atoms with E-state index in [0.29, 0.717) is 18.9 Å². The van der Waals surface area contributed by atoms with E-state index in [9.17, 15) is 0 Å². The van der Waals surface area contributed by atoms with Crippen molar-refractivity contribution in [3.63, 3.8) is 0 Å². The molecular weight excluding hydrogens is 258 g/mol. The van der Waals surface area contributed by atoms with Gasteiger partial charge in [-0.15, -0.1) is 5.10 Å². The summed E-state index contributed by atoms with van der Waals surface area (Å²) in [6, 6.07) is 11.9. The highest BCUT2D eigenvalue weighted by Crippen LogP contribution is 2.16.